The highest BCUT2D eigenvalue weighted by atomic mass is 16.5. The van der Waals surface area contributed by atoms with Gasteiger partial charge in [-0.25, -0.2) is 0 Å². The van der Waals surface area contributed by atoms with E-state index in [0.717, 1.165) is 36.4 Å². The fourth-order valence-corrected chi connectivity index (χ4v) is 2.80. The summed E-state index contributed by atoms with van der Waals surface area (Å²) >= 11 is 0. The lowest BCUT2D eigenvalue weighted by molar-refractivity contribution is -0.128. The van der Waals surface area contributed by atoms with E-state index in [1.54, 1.807) is 7.11 Å². The van der Waals surface area contributed by atoms with Gasteiger partial charge in [0, 0.05) is 24.7 Å². The molecule has 5 nitrogen and oxygen atoms in total. The quantitative estimate of drug-likeness (QED) is 0.894. The first-order chi connectivity index (χ1) is 10.2. The highest BCUT2D eigenvalue weighted by molar-refractivity contribution is 5.99. The van der Waals surface area contributed by atoms with Gasteiger partial charge in [0.2, 0.25) is 0 Å². The number of benzene rings is 1. The molecule has 2 aliphatic rings. The maximum absolute atomic E-state index is 12.6. The van der Waals surface area contributed by atoms with Crippen molar-refractivity contribution in [3.8, 4) is 11.5 Å². The number of hydrogen-bond donors (Lipinski definition) is 1. The van der Waals surface area contributed by atoms with Crippen LogP contribution in [-0.4, -0.2) is 43.7 Å². The smallest absolute Gasteiger partial charge is 0.253 e. The average Bonchev–Trinajstić information content (AvgIpc) is 2.53. The first-order valence-electron chi connectivity index (χ1n) is 7.23. The van der Waals surface area contributed by atoms with Crippen LogP contribution in [0.5, 0.6) is 11.5 Å². The molecule has 1 amide bonds. The summed E-state index contributed by atoms with van der Waals surface area (Å²) in [5.41, 5.74) is 7.50. The van der Waals surface area contributed by atoms with Crippen molar-refractivity contribution in [2.45, 2.75) is 18.9 Å². The topological polar surface area (TPSA) is 64.8 Å². The minimum atomic E-state index is 0.0265. The molecule has 2 N–H and O–H groups in total. The average molecular weight is 288 g/mol. The van der Waals surface area contributed by atoms with Crippen molar-refractivity contribution in [2.24, 2.45) is 5.73 Å². The van der Waals surface area contributed by atoms with Gasteiger partial charge in [0.15, 0.2) is 0 Å². The number of ether oxygens (including phenoxy) is 2. The predicted octanol–water partition coefficient (Wildman–Crippen LogP) is 1.42. The van der Waals surface area contributed by atoms with Crippen LogP contribution in [0.25, 0.3) is 6.08 Å². The number of methoxy groups -OCH3 is 1. The molecule has 5 heteroatoms. The van der Waals surface area contributed by atoms with Gasteiger partial charge in [-0.2, -0.15) is 0 Å². The molecule has 1 aromatic carbocycles. The van der Waals surface area contributed by atoms with Crippen LogP contribution in [0.2, 0.25) is 0 Å². The molecule has 0 bridgehead atoms. The molecule has 112 valence electrons. The van der Waals surface area contributed by atoms with Crippen molar-refractivity contribution in [3.05, 3.63) is 29.3 Å². The summed E-state index contributed by atoms with van der Waals surface area (Å²) in [6, 6.07) is 5.68. The number of likely N-dealkylation sites (tertiary alicyclic amines) is 1. The van der Waals surface area contributed by atoms with E-state index in [1.807, 2.05) is 29.2 Å². The number of nitrogens with zero attached hydrogens (tertiary/aromatic N) is 1. The Hall–Kier alpha value is -2.01. The van der Waals surface area contributed by atoms with E-state index in [0.29, 0.717) is 18.7 Å². The number of carbonyl (C=O) groups is 1. The van der Waals surface area contributed by atoms with Gasteiger partial charge in [-0.3, -0.25) is 4.79 Å². The van der Waals surface area contributed by atoms with Crippen LogP contribution in [0.4, 0.5) is 0 Å². The van der Waals surface area contributed by atoms with E-state index in [4.69, 9.17) is 15.2 Å². The van der Waals surface area contributed by atoms with Crippen LogP contribution in [0.3, 0.4) is 0 Å². The van der Waals surface area contributed by atoms with Crippen molar-refractivity contribution in [1.29, 1.82) is 0 Å². The van der Waals surface area contributed by atoms with E-state index in [2.05, 4.69) is 0 Å². The number of amides is 1. The lowest BCUT2D eigenvalue weighted by Crippen LogP contribution is -2.46. The summed E-state index contributed by atoms with van der Waals surface area (Å²) in [7, 11) is 1.62. The third-order valence-electron chi connectivity index (χ3n) is 3.95. The highest BCUT2D eigenvalue weighted by Gasteiger charge is 2.26. The molecule has 0 radical (unpaired) electrons. The molecule has 1 aromatic rings. The summed E-state index contributed by atoms with van der Waals surface area (Å²) in [6.07, 6.45) is 3.84. The molecular weight excluding hydrogens is 268 g/mol. The molecule has 0 saturated carbocycles. The monoisotopic (exact) mass is 288 g/mol. The molecule has 2 aliphatic heterocycles. The minimum Gasteiger partial charge on any atom is -0.497 e. The lowest BCUT2D eigenvalue weighted by atomic mass is 10.0. The molecule has 1 atom stereocenters. The third-order valence-corrected chi connectivity index (χ3v) is 3.95. The Morgan fingerprint density at radius 2 is 2.33 bits per heavy atom. The normalized spacial score (nSPS) is 21.1. The Balaban J connectivity index is 1.82. The van der Waals surface area contributed by atoms with Crippen LogP contribution in [-0.2, 0) is 4.79 Å². The molecule has 1 saturated heterocycles. The van der Waals surface area contributed by atoms with Gasteiger partial charge >= 0.3 is 0 Å². The van der Waals surface area contributed by atoms with Gasteiger partial charge in [0.25, 0.3) is 5.91 Å². The number of piperidine rings is 1. The molecule has 0 spiro atoms. The van der Waals surface area contributed by atoms with Crippen molar-refractivity contribution in [2.75, 3.05) is 26.8 Å². The molecular formula is C16H20N2O3. The molecule has 0 aromatic heterocycles. The van der Waals surface area contributed by atoms with Gasteiger partial charge in [0.1, 0.15) is 18.1 Å². The molecule has 2 heterocycles. The van der Waals surface area contributed by atoms with E-state index < -0.39 is 0 Å². The second-order valence-electron chi connectivity index (χ2n) is 5.52. The Labute approximate surface area is 124 Å². The van der Waals surface area contributed by atoms with Crippen molar-refractivity contribution >= 4 is 12.0 Å². The van der Waals surface area contributed by atoms with E-state index in [9.17, 15) is 4.79 Å². The number of fused-ring (bicyclic) bond motifs is 1. The van der Waals surface area contributed by atoms with Crippen molar-refractivity contribution in [1.82, 2.24) is 4.90 Å². The Morgan fingerprint density at radius 1 is 1.48 bits per heavy atom. The zero-order valence-electron chi connectivity index (χ0n) is 12.2. The van der Waals surface area contributed by atoms with Gasteiger partial charge in [-0.1, -0.05) is 0 Å². The zero-order valence-corrected chi connectivity index (χ0v) is 12.2. The fourth-order valence-electron chi connectivity index (χ4n) is 2.80. The number of hydrogen-bond acceptors (Lipinski definition) is 4. The van der Waals surface area contributed by atoms with Crippen molar-refractivity contribution in [3.63, 3.8) is 0 Å². The Bertz CT molecular complexity index is 583. The first-order valence-corrected chi connectivity index (χ1v) is 7.23. The van der Waals surface area contributed by atoms with Crippen LogP contribution in [0, 0.1) is 0 Å². The number of rotatable bonds is 2. The summed E-state index contributed by atoms with van der Waals surface area (Å²) < 4.78 is 10.9. The van der Waals surface area contributed by atoms with Crippen molar-refractivity contribution < 1.29 is 14.3 Å². The van der Waals surface area contributed by atoms with E-state index >= 15 is 0 Å². The lowest BCUT2D eigenvalue weighted by Gasteiger charge is -2.32. The molecule has 1 unspecified atom stereocenters. The zero-order chi connectivity index (χ0) is 14.8. The second kappa shape index (κ2) is 5.77. The van der Waals surface area contributed by atoms with E-state index in [1.165, 1.54) is 0 Å². The second-order valence-corrected chi connectivity index (χ2v) is 5.52. The highest BCUT2D eigenvalue weighted by Crippen LogP contribution is 2.30. The fraction of sp³-hybridized carbons (Fsp3) is 0.438. The summed E-state index contributed by atoms with van der Waals surface area (Å²) in [5.74, 6) is 1.56. The minimum absolute atomic E-state index is 0.0265. The van der Waals surface area contributed by atoms with Crippen LogP contribution < -0.4 is 15.2 Å². The third kappa shape index (κ3) is 2.88. The van der Waals surface area contributed by atoms with Gasteiger partial charge in [-0.05, 0) is 37.1 Å². The number of carbonyl (C=O) groups excluding carboxylic acids is 1. The largest absolute Gasteiger partial charge is 0.497 e. The first kappa shape index (κ1) is 13.9. The van der Waals surface area contributed by atoms with Gasteiger partial charge < -0.3 is 20.1 Å². The van der Waals surface area contributed by atoms with Gasteiger partial charge in [0.05, 0.1) is 12.7 Å². The summed E-state index contributed by atoms with van der Waals surface area (Å²) in [4.78, 5) is 14.4. The summed E-state index contributed by atoms with van der Waals surface area (Å²) in [6.45, 7) is 1.71. The van der Waals surface area contributed by atoms with Crippen LogP contribution >= 0.6 is 0 Å². The Morgan fingerprint density at radius 3 is 3.10 bits per heavy atom. The maximum Gasteiger partial charge on any atom is 0.253 e. The Kier molecular flexibility index (Phi) is 3.84. The molecule has 3 rings (SSSR count). The maximum atomic E-state index is 12.6. The number of nitrogens with two attached hydrogens (primary N) is 1. The standard InChI is InChI=1S/C16H20N2O3/c1-20-14-4-5-15-11(8-14)7-12(10-21-15)16(19)18-6-2-3-13(17)9-18/h4-5,7-8,13H,2-3,6,9-10,17H2,1H3. The van der Waals surface area contributed by atoms with Crippen LogP contribution in [0.15, 0.2) is 23.8 Å². The van der Waals surface area contributed by atoms with Gasteiger partial charge in [-0.15, -0.1) is 0 Å². The molecule has 1 fully saturated rings. The summed E-state index contributed by atoms with van der Waals surface area (Å²) in [5, 5.41) is 0. The predicted molar refractivity (Wildman–Crippen MR) is 80.3 cm³/mol. The van der Waals surface area contributed by atoms with Crippen LogP contribution in [0.1, 0.15) is 18.4 Å². The SMILES string of the molecule is COc1ccc2c(c1)C=C(C(=O)N1CCCC(N)C1)CO2. The molecule has 21 heavy (non-hydrogen) atoms. The molecule has 0 aliphatic carbocycles. The van der Waals surface area contributed by atoms with E-state index in [-0.39, 0.29) is 11.9 Å².